The van der Waals surface area contributed by atoms with Crippen LogP contribution >= 0.6 is 0 Å². The maximum absolute atomic E-state index is 13.0. The van der Waals surface area contributed by atoms with Crippen molar-refractivity contribution in [1.29, 1.82) is 0 Å². The number of halogens is 3. The maximum Gasteiger partial charge on any atom is 0.416 e. The number of anilines is 1. The molecule has 1 unspecified atom stereocenters. The molecule has 0 bridgehead atoms. The predicted octanol–water partition coefficient (Wildman–Crippen LogP) is 4.65. The quantitative estimate of drug-likeness (QED) is 0.390. The molecular formula is C26H24F3N5O3. The van der Waals surface area contributed by atoms with Gasteiger partial charge in [-0.15, -0.1) is 0 Å². The first-order valence-corrected chi connectivity index (χ1v) is 11.9. The van der Waals surface area contributed by atoms with E-state index < -0.39 is 11.7 Å². The molecule has 8 nitrogen and oxygen atoms in total. The number of fused-ring (bicyclic) bond motifs is 1. The van der Waals surface area contributed by atoms with Gasteiger partial charge >= 0.3 is 6.18 Å². The monoisotopic (exact) mass is 511 g/mol. The zero-order valence-corrected chi connectivity index (χ0v) is 20.0. The third kappa shape index (κ3) is 5.07. The first kappa shape index (κ1) is 24.5. The second-order valence-electron chi connectivity index (χ2n) is 8.99. The van der Waals surface area contributed by atoms with E-state index in [-0.39, 0.29) is 42.6 Å². The number of imidazole rings is 1. The second-order valence-corrected chi connectivity index (χ2v) is 8.99. The molecule has 2 aromatic heterocycles. The first-order valence-electron chi connectivity index (χ1n) is 11.9. The van der Waals surface area contributed by atoms with E-state index in [1.165, 1.54) is 23.4 Å². The van der Waals surface area contributed by atoms with Crippen molar-refractivity contribution in [3.8, 4) is 17.1 Å². The Morgan fingerprint density at radius 2 is 1.92 bits per heavy atom. The fraction of sp³-hybridized carbons (Fsp3) is 0.308. The standard InChI is InChI=1S/C26H24F3N5O3/c1-2-10-33-15-30-24-22(25(33)36)31-23(32-24)17-6-8-20(9-7-17)37-14-16-11-21(35)34(13-16)19-5-3-4-18(12-19)26(27,28)29/h3-9,12,15-16H,2,10-11,13-14H2,1H3,(H,31,32). The number of alkyl halides is 3. The number of nitrogens with zero attached hydrogens (tertiary/aromatic N) is 4. The summed E-state index contributed by atoms with van der Waals surface area (Å²) in [5.74, 6) is 0.694. The zero-order valence-electron chi connectivity index (χ0n) is 20.0. The molecule has 1 amide bonds. The molecular weight excluding hydrogens is 487 g/mol. The number of hydrogen-bond donors (Lipinski definition) is 1. The Morgan fingerprint density at radius 1 is 1.14 bits per heavy atom. The van der Waals surface area contributed by atoms with Crippen LogP contribution in [-0.2, 0) is 17.5 Å². The maximum atomic E-state index is 13.0. The summed E-state index contributed by atoms with van der Waals surface area (Å²) in [6.45, 7) is 3.08. The Morgan fingerprint density at radius 3 is 2.65 bits per heavy atom. The van der Waals surface area contributed by atoms with Gasteiger partial charge in [-0.05, 0) is 48.9 Å². The molecule has 4 aromatic rings. The number of benzene rings is 2. The molecule has 1 fully saturated rings. The summed E-state index contributed by atoms with van der Waals surface area (Å²) in [4.78, 5) is 38.1. The number of nitrogens with one attached hydrogen (secondary N) is 1. The van der Waals surface area contributed by atoms with E-state index in [0.717, 1.165) is 24.1 Å². The van der Waals surface area contributed by atoms with E-state index in [1.54, 1.807) is 28.8 Å². The van der Waals surface area contributed by atoms with Crippen molar-refractivity contribution in [3.05, 3.63) is 70.8 Å². The Balaban J connectivity index is 1.23. The van der Waals surface area contributed by atoms with Crippen molar-refractivity contribution in [1.82, 2.24) is 19.5 Å². The molecule has 1 saturated heterocycles. The largest absolute Gasteiger partial charge is 0.493 e. The van der Waals surface area contributed by atoms with Crippen LogP contribution < -0.4 is 15.2 Å². The summed E-state index contributed by atoms with van der Waals surface area (Å²) >= 11 is 0. The number of ether oxygens (including phenoxy) is 1. The minimum Gasteiger partial charge on any atom is -0.493 e. The highest BCUT2D eigenvalue weighted by molar-refractivity contribution is 5.95. The Hall–Kier alpha value is -4.15. The van der Waals surface area contributed by atoms with Gasteiger partial charge in [-0.2, -0.15) is 13.2 Å². The number of amides is 1. The predicted molar refractivity (Wildman–Crippen MR) is 131 cm³/mol. The number of carbonyl (C=O) groups excluding carboxylic acids is 1. The number of H-pyrrole nitrogens is 1. The van der Waals surface area contributed by atoms with E-state index >= 15 is 0 Å². The molecule has 0 aliphatic carbocycles. The highest BCUT2D eigenvalue weighted by Crippen LogP contribution is 2.33. The van der Waals surface area contributed by atoms with Gasteiger partial charge in [0.1, 0.15) is 17.9 Å². The summed E-state index contributed by atoms with van der Waals surface area (Å²) < 4.78 is 46.5. The van der Waals surface area contributed by atoms with Gasteiger partial charge < -0.3 is 14.6 Å². The zero-order chi connectivity index (χ0) is 26.2. The summed E-state index contributed by atoms with van der Waals surface area (Å²) in [6.07, 6.45) is -1.97. The molecule has 1 aliphatic rings. The summed E-state index contributed by atoms with van der Waals surface area (Å²) in [5.41, 5.74) is 0.721. The Kier molecular flexibility index (Phi) is 6.45. The van der Waals surface area contributed by atoms with E-state index in [1.807, 2.05) is 6.92 Å². The van der Waals surface area contributed by atoms with Crippen molar-refractivity contribution in [2.45, 2.75) is 32.5 Å². The van der Waals surface area contributed by atoms with Gasteiger partial charge in [0.05, 0.1) is 12.2 Å². The van der Waals surface area contributed by atoms with Crippen LogP contribution in [0.5, 0.6) is 5.75 Å². The van der Waals surface area contributed by atoms with Crippen LogP contribution in [-0.4, -0.2) is 38.6 Å². The van der Waals surface area contributed by atoms with Crippen LogP contribution in [0.4, 0.5) is 18.9 Å². The molecule has 192 valence electrons. The number of aryl methyl sites for hydroxylation is 1. The van der Waals surface area contributed by atoms with Crippen LogP contribution in [0.1, 0.15) is 25.3 Å². The molecule has 5 rings (SSSR count). The van der Waals surface area contributed by atoms with Gasteiger partial charge in [-0.3, -0.25) is 14.2 Å². The van der Waals surface area contributed by atoms with Gasteiger partial charge in [0.15, 0.2) is 11.2 Å². The van der Waals surface area contributed by atoms with Crippen molar-refractivity contribution in [2.75, 3.05) is 18.1 Å². The van der Waals surface area contributed by atoms with Crippen molar-refractivity contribution in [3.63, 3.8) is 0 Å². The fourth-order valence-electron chi connectivity index (χ4n) is 4.38. The fourth-order valence-corrected chi connectivity index (χ4v) is 4.38. The molecule has 1 atom stereocenters. The molecule has 11 heteroatoms. The molecule has 0 saturated carbocycles. The van der Waals surface area contributed by atoms with Crippen LogP contribution in [0.15, 0.2) is 59.7 Å². The number of aromatic nitrogens is 4. The lowest BCUT2D eigenvalue weighted by atomic mass is 10.1. The van der Waals surface area contributed by atoms with Crippen molar-refractivity contribution >= 4 is 22.8 Å². The number of hydrogen-bond acceptors (Lipinski definition) is 5. The van der Waals surface area contributed by atoms with Crippen LogP contribution in [0.2, 0.25) is 0 Å². The minimum absolute atomic E-state index is 0.159. The topological polar surface area (TPSA) is 93.1 Å². The SMILES string of the molecule is CCCn1cnc2nc(-c3ccc(OCC4CC(=O)N(c5cccc(C(F)(F)F)c5)C4)cc3)[nH]c2c1=O. The highest BCUT2D eigenvalue weighted by Gasteiger charge is 2.34. The molecule has 1 aliphatic heterocycles. The van der Waals surface area contributed by atoms with E-state index in [4.69, 9.17) is 4.74 Å². The summed E-state index contributed by atoms with van der Waals surface area (Å²) in [7, 11) is 0. The molecule has 1 N–H and O–H groups in total. The molecule has 3 heterocycles. The number of rotatable bonds is 7. The van der Waals surface area contributed by atoms with Gasteiger partial charge in [0, 0.05) is 36.7 Å². The smallest absolute Gasteiger partial charge is 0.416 e. The van der Waals surface area contributed by atoms with Crippen LogP contribution in [0, 0.1) is 5.92 Å². The van der Waals surface area contributed by atoms with E-state index in [9.17, 15) is 22.8 Å². The van der Waals surface area contributed by atoms with Crippen LogP contribution in [0.3, 0.4) is 0 Å². The van der Waals surface area contributed by atoms with Gasteiger partial charge in [0.2, 0.25) is 5.91 Å². The molecule has 0 spiro atoms. The Labute approximate surface area is 209 Å². The number of carbonyl (C=O) groups is 1. The molecule has 37 heavy (non-hydrogen) atoms. The van der Waals surface area contributed by atoms with Crippen molar-refractivity contribution in [2.24, 2.45) is 5.92 Å². The lowest BCUT2D eigenvalue weighted by Gasteiger charge is -2.18. The lowest BCUT2D eigenvalue weighted by molar-refractivity contribution is -0.137. The number of aromatic amines is 1. The second kappa shape index (κ2) is 9.72. The highest BCUT2D eigenvalue weighted by atomic mass is 19.4. The summed E-state index contributed by atoms with van der Waals surface area (Å²) in [6, 6.07) is 11.9. The van der Waals surface area contributed by atoms with E-state index in [2.05, 4.69) is 15.0 Å². The molecule has 0 radical (unpaired) electrons. The summed E-state index contributed by atoms with van der Waals surface area (Å²) in [5, 5.41) is 0. The van der Waals surface area contributed by atoms with Gasteiger partial charge in [-0.1, -0.05) is 13.0 Å². The normalized spacial score (nSPS) is 16.1. The van der Waals surface area contributed by atoms with Gasteiger partial charge in [-0.25, -0.2) is 9.97 Å². The third-order valence-corrected chi connectivity index (χ3v) is 6.25. The van der Waals surface area contributed by atoms with E-state index in [0.29, 0.717) is 29.3 Å². The van der Waals surface area contributed by atoms with Crippen LogP contribution in [0.25, 0.3) is 22.6 Å². The average molecular weight is 512 g/mol. The average Bonchev–Trinajstić information content (AvgIpc) is 3.48. The Bertz CT molecular complexity index is 1490. The molecule has 2 aromatic carbocycles. The van der Waals surface area contributed by atoms with Crippen molar-refractivity contribution < 1.29 is 22.7 Å². The third-order valence-electron chi connectivity index (χ3n) is 6.25. The minimum atomic E-state index is -4.47. The first-order chi connectivity index (χ1) is 17.7. The lowest BCUT2D eigenvalue weighted by Crippen LogP contribution is -2.25. The van der Waals surface area contributed by atoms with Gasteiger partial charge in [0.25, 0.3) is 5.56 Å².